The van der Waals surface area contributed by atoms with Crippen LogP contribution in [0.4, 0.5) is 0 Å². The Balaban J connectivity index is 1.37. The quantitative estimate of drug-likeness (QED) is 0.644. The molecule has 1 atom stereocenters. The van der Waals surface area contributed by atoms with Crippen molar-refractivity contribution in [3.8, 4) is 0 Å². The van der Waals surface area contributed by atoms with E-state index in [1.54, 1.807) is 11.8 Å². The molecule has 0 bridgehead atoms. The number of thioether (sulfide) groups is 1. The van der Waals surface area contributed by atoms with E-state index in [-0.39, 0.29) is 11.2 Å². The van der Waals surface area contributed by atoms with E-state index in [4.69, 9.17) is 0 Å². The van der Waals surface area contributed by atoms with Crippen LogP contribution in [0.1, 0.15) is 37.1 Å². The SMILES string of the molecule is Cc1ccc(SC(C)C(=O)N2CCC(c3nnc4ccccn34)CC2)cc1. The second kappa shape index (κ2) is 7.72. The third-order valence-electron chi connectivity index (χ3n) is 5.19. The van der Waals surface area contributed by atoms with E-state index in [9.17, 15) is 4.79 Å². The highest BCUT2D eigenvalue weighted by atomic mass is 32.2. The average Bonchev–Trinajstić information content (AvgIpc) is 3.13. The molecule has 1 saturated heterocycles. The molecule has 5 nitrogen and oxygen atoms in total. The summed E-state index contributed by atoms with van der Waals surface area (Å²) in [4.78, 5) is 16.0. The molecule has 1 aliphatic heterocycles. The van der Waals surface area contributed by atoms with E-state index in [2.05, 4.69) is 45.8 Å². The van der Waals surface area contributed by atoms with Crippen LogP contribution in [-0.4, -0.2) is 43.7 Å². The van der Waals surface area contributed by atoms with Crippen molar-refractivity contribution < 1.29 is 4.79 Å². The fourth-order valence-electron chi connectivity index (χ4n) is 3.62. The van der Waals surface area contributed by atoms with Gasteiger partial charge in [0.25, 0.3) is 0 Å². The molecule has 1 aliphatic rings. The molecule has 0 N–H and O–H groups in total. The van der Waals surface area contributed by atoms with Crippen molar-refractivity contribution in [3.63, 3.8) is 0 Å². The number of likely N-dealkylation sites (tertiary alicyclic amines) is 1. The molecule has 2 aromatic heterocycles. The Labute approximate surface area is 163 Å². The van der Waals surface area contributed by atoms with Gasteiger partial charge in [0.2, 0.25) is 5.91 Å². The number of amides is 1. The van der Waals surface area contributed by atoms with Crippen LogP contribution < -0.4 is 0 Å². The van der Waals surface area contributed by atoms with Crippen molar-refractivity contribution in [1.29, 1.82) is 0 Å². The number of nitrogens with zero attached hydrogens (tertiary/aromatic N) is 4. The van der Waals surface area contributed by atoms with Gasteiger partial charge in [-0.2, -0.15) is 0 Å². The van der Waals surface area contributed by atoms with Crippen LogP contribution >= 0.6 is 11.8 Å². The lowest BCUT2D eigenvalue weighted by Gasteiger charge is -2.32. The highest BCUT2D eigenvalue weighted by molar-refractivity contribution is 8.00. The van der Waals surface area contributed by atoms with E-state index in [1.165, 1.54) is 5.56 Å². The predicted octanol–water partition coefficient (Wildman–Crippen LogP) is 3.92. The number of fused-ring (bicyclic) bond motifs is 1. The zero-order chi connectivity index (χ0) is 18.8. The number of hydrogen-bond donors (Lipinski definition) is 0. The highest BCUT2D eigenvalue weighted by Gasteiger charge is 2.29. The fourth-order valence-corrected chi connectivity index (χ4v) is 4.58. The van der Waals surface area contributed by atoms with Crippen molar-refractivity contribution in [1.82, 2.24) is 19.5 Å². The molecule has 140 valence electrons. The first-order valence-electron chi connectivity index (χ1n) is 9.43. The molecule has 1 aromatic carbocycles. The summed E-state index contributed by atoms with van der Waals surface area (Å²) in [6.45, 7) is 5.64. The van der Waals surface area contributed by atoms with Crippen molar-refractivity contribution in [2.24, 2.45) is 0 Å². The van der Waals surface area contributed by atoms with Gasteiger partial charge in [-0.3, -0.25) is 9.20 Å². The number of hydrogen-bond acceptors (Lipinski definition) is 4. The van der Waals surface area contributed by atoms with Crippen LogP contribution in [0.15, 0.2) is 53.6 Å². The van der Waals surface area contributed by atoms with Gasteiger partial charge in [-0.25, -0.2) is 0 Å². The standard InChI is InChI=1S/C21H24N4OS/c1-15-6-8-18(9-7-15)27-16(2)21(26)24-13-10-17(11-14-24)20-23-22-19-5-3-4-12-25(19)20/h3-9,12,16-17H,10-11,13-14H2,1-2H3. The lowest BCUT2D eigenvalue weighted by molar-refractivity contribution is -0.131. The average molecular weight is 381 g/mol. The molecule has 27 heavy (non-hydrogen) atoms. The van der Waals surface area contributed by atoms with Gasteiger partial charge in [0.1, 0.15) is 5.82 Å². The molecule has 0 spiro atoms. The van der Waals surface area contributed by atoms with Crippen LogP contribution in [0.3, 0.4) is 0 Å². The molecule has 0 radical (unpaired) electrons. The third kappa shape index (κ3) is 3.86. The minimum atomic E-state index is -0.0711. The van der Waals surface area contributed by atoms with E-state index in [0.29, 0.717) is 5.92 Å². The molecule has 1 amide bonds. The Bertz CT molecular complexity index is 929. The van der Waals surface area contributed by atoms with Crippen LogP contribution in [-0.2, 0) is 4.79 Å². The molecule has 6 heteroatoms. The number of carbonyl (C=O) groups is 1. The lowest BCUT2D eigenvalue weighted by Crippen LogP contribution is -2.42. The van der Waals surface area contributed by atoms with Gasteiger partial charge in [-0.1, -0.05) is 23.8 Å². The summed E-state index contributed by atoms with van der Waals surface area (Å²) in [6, 6.07) is 14.3. The number of carbonyl (C=O) groups excluding carboxylic acids is 1. The molecule has 4 rings (SSSR count). The van der Waals surface area contributed by atoms with Crippen LogP contribution in [0.25, 0.3) is 5.65 Å². The van der Waals surface area contributed by atoms with Crippen molar-refractivity contribution >= 4 is 23.3 Å². The van der Waals surface area contributed by atoms with Gasteiger partial charge >= 0.3 is 0 Å². The largest absolute Gasteiger partial charge is 0.342 e. The van der Waals surface area contributed by atoms with E-state index in [1.807, 2.05) is 36.2 Å². The zero-order valence-electron chi connectivity index (χ0n) is 15.7. The highest BCUT2D eigenvalue weighted by Crippen LogP contribution is 2.30. The van der Waals surface area contributed by atoms with Crippen LogP contribution in [0, 0.1) is 6.92 Å². The molecule has 0 aliphatic carbocycles. The summed E-state index contributed by atoms with van der Waals surface area (Å²) < 4.78 is 2.07. The smallest absolute Gasteiger partial charge is 0.235 e. The Morgan fingerprint density at radius 3 is 2.59 bits per heavy atom. The van der Waals surface area contributed by atoms with Gasteiger partial charge in [-0.15, -0.1) is 22.0 Å². The van der Waals surface area contributed by atoms with Crippen LogP contribution in [0.5, 0.6) is 0 Å². The fraction of sp³-hybridized carbons (Fsp3) is 0.381. The van der Waals surface area contributed by atoms with Gasteiger partial charge in [0.15, 0.2) is 5.65 Å². The molecule has 3 heterocycles. The summed E-state index contributed by atoms with van der Waals surface area (Å²) in [7, 11) is 0. The number of pyridine rings is 1. The summed E-state index contributed by atoms with van der Waals surface area (Å²) in [5.41, 5.74) is 2.12. The maximum Gasteiger partial charge on any atom is 0.235 e. The minimum Gasteiger partial charge on any atom is -0.342 e. The Hall–Kier alpha value is -2.34. The van der Waals surface area contributed by atoms with Gasteiger partial charge in [0, 0.05) is 30.1 Å². The van der Waals surface area contributed by atoms with E-state index >= 15 is 0 Å². The number of piperidine rings is 1. The normalized spacial score (nSPS) is 16.6. The predicted molar refractivity (Wildman–Crippen MR) is 108 cm³/mol. The molecule has 1 fully saturated rings. The first-order chi connectivity index (χ1) is 13.1. The van der Waals surface area contributed by atoms with Gasteiger partial charge in [-0.05, 0) is 51.0 Å². The Morgan fingerprint density at radius 2 is 1.85 bits per heavy atom. The van der Waals surface area contributed by atoms with Crippen molar-refractivity contribution in [2.75, 3.05) is 13.1 Å². The molecule has 0 saturated carbocycles. The summed E-state index contributed by atoms with van der Waals surface area (Å²) in [6.07, 6.45) is 3.88. The number of rotatable bonds is 4. The molecule has 3 aromatic rings. The van der Waals surface area contributed by atoms with E-state index < -0.39 is 0 Å². The van der Waals surface area contributed by atoms with Crippen molar-refractivity contribution in [3.05, 3.63) is 60.0 Å². The van der Waals surface area contributed by atoms with Gasteiger partial charge < -0.3 is 4.90 Å². The number of aromatic nitrogens is 3. The number of aryl methyl sites for hydroxylation is 1. The van der Waals surface area contributed by atoms with Crippen molar-refractivity contribution in [2.45, 2.75) is 42.8 Å². The second-order valence-electron chi connectivity index (χ2n) is 7.16. The zero-order valence-corrected chi connectivity index (χ0v) is 16.5. The summed E-state index contributed by atoms with van der Waals surface area (Å²) >= 11 is 1.64. The maximum absolute atomic E-state index is 12.8. The topological polar surface area (TPSA) is 50.5 Å². The summed E-state index contributed by atoms with van der Waals surface area (Å²) in [5.74, 6) is 1.59. The summed E-state index contributed by atoms with van der Waals surface area (Å²) in [5, 5.41) is 8.58. The molecular weight excluding hydrogens is 356 g/mol. The van der Waals surface area contributed by atoms with E-state index in [0.717, 1.165) is 42.3 Å². The molecule has 1 unspecified atom stereocenters. The first-order valence-corrected chi connectivity index (χ1v) is 10.3. The lowest BCUT2D eigenvalue weighted by atomic mass is 9.96. The Morgan fingerprint density at radius 1 is 1.11 bits per heavy atom. The third-order valence-corrected chi connectivity index (χ3v) is 6.29. The second-order valence-corrected chi connectivity index (χ2v) is 8.57. The Kier molecular flexibility index (Phi) is 5.16. The number of benzene rings is 1. The molecular formula is C21H24N4OS. The maximum atomic E-state index is 12.8. The monoisotopic (exact) mass is 380 g/mol. The van der Waals surface area contributed by atoms with Crippen LogP contribution in [0.2, 0.25) is 0 Å². The first kappa shape index (κ1) is 18.0. The van der Waals surface area contributed by atoms with Gasteiger partial charge in [0.05, 0.1) is 5.25 Å². The minimum absolute atomic E-state index is 0.0711.